The molecule has 0 heterocycles. The summed E-state index contributed by atoms with van der Waals surface area (Å²) in [6.07, 6.45) is -1.19. The van der Waals surface area contributed by atoms with Crippen LogP contribution in [0.5, 0.6) is 17.2 Å². The molecule has 0 fully saturated rings. The van der Waals surface area contributed by atoms with Gasteiger partial charge in [-0.1, -0.05) is 30.3 Å². The number of rotatable bonds is 11. The Morgan fingerprint density at radius 1 is 0.972 bits per heavy atom. The molecule has 3 aromatic rings. The maximum atomic E-state index is 13.5. The van der Waals surface area contributed by atoms with Gasteiger partial charge in [-0.05, 0) is 42.8 Å². The van der Waals surface area contributed by atoms with E-state index in [1.165, 1.54) is 27.2 Å². The van der Waals surface area contributed by atoms with Crippen LogP contribution in [0.2, 0.25) is 0 Å². The molecule has 0 saturated heterocycles. The number of methoxy groups -OCH3 is 2. The summed E-state index contributed by atoms with van der Waals surface area (Å²) in [5, 5.41) is 24.6. The molecule has 0 aliphatic heterocycles. The number of anilines is 1. The molecule has 0 aromatic heterocycles. The van der Waals surface area contributed by atoms with Crippen LogP contribution in [-0.4, -0.2) is 37.3 Å². The molecule has 36 heavy (non-hydrogen) atoms. The zero-order chi connectivity index (χ0) is 26.1. The molecule has 186 valence electrons. The monoisotopic (exact) mass is 489 g/mol. The van der Waals surface area contributed by atoms with E-state index in [0.29, 0.717) is 28.3 Å². The molecule has 0 bridgehead atoms. The van der Waals surface area contributed by atoms with Gasteiger partial charge in [-0.15, -0.1) is 0 Å². The third kappa shape index (κ3) is 6.45. The number of aliphatic carboxylic acids is 1. The molecule has 9 heteroatoms. The SMILES string of the molecule is COc1cc(OC(C)C(=O)O)c([C@@H](Nc2ccc(C#N)cc2)C(=O)NCc2ccccc2)cc1OC. The third-order valence-electron chi connectivity index (χ3n) is 5.38. The molecule has 2 atom stereocenters. The van der Waals surface area contributed by atoms with E-state index in [2.05, 4.69) is 16.7 Å². The normalized spacial score (nSPS) is 11.9. The predicted octanol–water partition coefficient (Wildman–Crippen LogP) is 3.90. The number of carbonyl (C=O) groups excluding carboxylic acids is 1. The maximum Gasteiger partial charge on any atom is 0.344 e. The Morgan fingerprint density at radius 2 is 1.61 bits per heavy atom. The lowest BCUT2D eigenvalue weighted by molar-refractivity contribution is -0.144. The summed E-state index contributed by atoms with van der Waals surface area (Å²) in [7, 11) is 2.90. The van der Waals surface area contributed by atoms with Crippen molar-refractivity contribution in [1.29, 1.82) is 5.26 Å². The van der Waals surface area contributed by atoms with E-state index >= 15 is 0 Å². The van der Waals surface area contributed by atoms with Gasteiger partial charge >= 0.3 is 5.97 Å². The second kappa shape index (κ2) is 12.1. The van der Waals surface area contributed by atoms with E-state index in [4.69, 9.17) is 19.5 Å². The number of nitrogens with zero attached hydrogens (tertiary/aromatic N) is 1. The highest BCUT2D eigenvalue weighted by Gasteiger charge is 2.28. The van der Waals surface area contributed by atoms with Crippen molar-refractivity contribution in [3.8, 4) is 23.3 Å². The molecular weight excluding hydrogens is 462 g/mol. The highest BCUT2D eigenvalue weighted by atomic mass is 16.5. The van der Waals surface area contributed by atoms with Gasteiger partial charge in [0.25, 0.3) is 0 Å². The average Bonchev–Trinajstić information content (AvgIpc) is 2.91. The number of carboxylic acid groups (broad SMARTS) is 1. The van der Waals surface area contributed by atoms with Gasteiger partial charge in [0.05, 0.1) is 25.9 Å². The lowest BCUT2D eigenvalue weighted by Crippen LogP contribution is -2.34. The molecule has 3 rings (SSSR count). The molecule has 0 aliphatic rings. The first-order valence-corrected chi connectivity index (χ1v) is 11.1. The summed E-state index contributed by atoms with van der Waals surface area (Å²) in [6, 6.07) is 20.1. The minimum absolute atomic E-state index is 0.142. The van der Waals surface area contributed by atoms with Crippen LogP contribution in [-0.2, 0) is 16.1 Å². The van der Waals surface area contributed by atoms with E-state index in [1.54, 1.807) is 30.3 Å². The fourth-order valence-electron chi connectivity index (χ4n) is 3.42. The Kier molecular flexibility index (Phi) is 8.73. The molecule has 9 nitrogen and oxygen atoms in total. The van der Waals surface area contributed by atoms with E-state index in [0.717, 1.165) is 5.56 Å². The average molecular weight is 490 g/mol. The fourth-order valence-corrected chi connectivity index (χ4v) is 3.42. The van der Waals surface area contributed by atoms with E-state index < -0.39 is 18.1 Å². The zero-order valence-corrected chi connectivity index (χ0v) is 20.1. The number of hydrogen-bond acceptors (Lipinski definition) is 7. The molecular formula is C27H27N3O6. The summed E-state index contributed by atoms with van der Waals surface area (Å²) in [5.74, 6) is -0.756. The summed E-state index contributed by atoms with van der Waals surface area (Å²) in [5.41, 5.74) is 2.29. The van der Waals surface area contributed by atoms with Crippen LogP contribution in [0.4, 0.5) is 5.69 Å². The van der Waals surface area contributed by atoms with Gasteiger partial charge in [0.1, 0.15) is 11.8 Å². The number of hydrogen-bond donors (Lipinski definition) is 3. The minimum atomic E-state index is -1.19. The van der Waals surface area contributed by atoms with Crippen molar-refractivity contribution >= 4 is 17.6 Å². The maximum absolute atomic E-state index is 13.5. The van der Waals surface area contributed by atoms with Gasteiger partial charge in [-0.25, -0.2) is 4.79 Å². The van der Waals surface area contributed by atoms with Crippen molar-refractivity contribution in [3.63, 3.8) is 0 Å². The van der Waals surface area contributed by atoms with Crippen LogP contribution < -0.4 is 24.8 Å². The Balaban J connectivity index is 2.05. The number of carboxylic acids is 1. The smallest absolute Gasteiger partial charge is 0.344 e. The summed E-state index contributed by atoms with van der Waals surface area (Å²) in [6.45, 7) is 1.67. The van der Waals surface area contributed by atoms with Crippen molar-refractivity contribution in [2.45, 2.75) is 25.6 Å². The second-order valence-corrected chi connectivity index (χ2v) is 7.81. The molecule has 3 aromatic carbocycles. The van der Waals surface area contributed by atoms with Crippen molar-refractivity contribution in [1.82, 2.24) is 5.32 Å². The number of benzene rings is 3. The van der Waals surface area contributed by atoms with Crippen molar-refractivity contribution in [2.24, 2.45) is 0 Å². The van der Waals surface area contributed by atoms with E-state index in [9.17, 15) is 14.7 Å². The molecule has 0 saturated carbocycles. The number of nitrogens with one attached hydrogen (secondary N) is 2. The summed E-state index contributed by atoms with van der Waals surface area (Å²) < 4.78 is 16.5. The third-order valence-corrected chi connectivity index (χ3v) is 5.38. The first-order chi connectivity index (χ1) is 17.4. The number of ether oxygens (including phenoxy) is 3. The Bertz CT molecular complexity index is 1240. The van der Waals surface area contributed by atoms with Gasteiger partial charge in [0.2, 0.25) is 5.91 Å². The van der Waals surface area contributed by atoms with Crippen LogP contribution in [0, 0.1) is 11.3 Å². The van der Waals surface area contributed by atoms with E-state index in [-0.39, 0.29) is 18.2 Å². The van der Waals surface area contributed by atoms with Gasteiger partial charge in [0, 0.05) is 23.9 Å². The lowest BCUT2D eigenvalue weighted by atomic mass is 10.0. The lowest BCUT2D eigenvalue weighted by Gasteiger charge is -2.25. The largest absolute Gasteiger partial charge is 0.493 e. The fraction of sp³-hybridized carbons (Fsp3) is 0.222. The predicted molar refractivity (Wildman–Crippen MR) is 133 cm³/mol. The standard InChI is InChI=1S/C27H27N3O6/c1-17(27(32)33)36-22-14-24(35-3)23(34-2)13-21(22)25(30-20-11-9-18(15-28)10-12-20)26(31)29-16-19-7-5-4-6-8-19/h4-14,17,25,30H,16H2,1-3H3,(H,29,31)(H,32,33)/t17?,25-/m1/s1. The zero-order valence-electron chi connectivity index (χ0n) is 20.1. The summed E-state index contributed by atoms with van der Waals surface area (Å²) in [4.78, 5) is 25.0. The number of nitriles is 1. The van der Waals surface area contributed by atoms with Crippen molar-refractivity contribution in [3.05, 3.63) is 83.4 Å². The minimum Gasteiger partial charge on any atom is -0.493 e. The topological polar surface area (TPSA) is 130 Å². The van der Waals surface area contributed by atoms with Crippen molar-refractivity contribution < 1.29 is 28.9 Å². The van der Waals surface area contributed by atoms with Gasteiger partial charge < -0.3 is 30.0 Å². The van der Waals surface area contributed by atoms with Gasteiger partial charge in [0.15, 0.2) is 17.6 Å². The van der Waals surface area contributed by atoms with Crippen LogP contribution in [0.25, 0.3) is 0 Å². The molecule has 0 radical (unpaired) electrons. The summed E-state index contributed by atoms with van der Waals surface area (Å²) >= 11 is 0. The van der Waals surface area contributed by atoms with Crippen molar-refractivity contribution in [2.75, 3.05) is 19.5 Å². The van der Waals surface area contributed by atoms with Crippen LogP contribution in [0.3, 0.4) is 0 Å². The number of amides is 1. The highest BCUT2D eigenvalue weighted by molar-refractivity contribution is 5.87. The molecule has 0 aliphatic carbocycles. The Hall–Kier alpha value is -4.71. The Morgan fingerprint density at radius 3 is 2.19 bits per heavy atom. The van der Waals surface area contributed by atoms with Crippen LogP contribution >= 0.6 is 0 Å². The van der Waals surface area contributed by atoms with Crippen LogP contribution in [0.15, 0.2) is 66.7 Å². The Labute approximate surface area is 209 Å². The van der Waals surface area contributed by atoms with Crippen LogP contribution in [0.1, 0.15) is 29.7 Å². The molecule has 1 unspecified atom stereocenters. The second-order valence-electron chi connectivity index (χ2n) is 7.81. The quantitative estimate of drug-likeness (QED) is 0.370. The molecule has 0 spiro atoms. The molecule has 1 amide bonds. The first kappa shape index (κ1) is 25.9. The van der Waals surface area contributed by atoms with Gasteiger partial charge in [-0.2, -0.15) is 5.26 Å². The highest BCUT2D eigenvalue weighted by Crippen LogP contribution is 2.39. The molecule has 3 N–H and O–H groups in total. The first-order valence-electron chi connectivity index (χ1n) is 11.1. The van der Waals surface area contributed by atoms with E-state index in [1.807, 2.05) is 30.3 Å². The number of carbonyl (C=O) groups is 2. The van der Waals surface area contributed by atoms with Gasteiger partial charge in [-0.3, -0.25) is 4.79 Å².